The lowest BCUT2D eigenvalue weighted by Crippen LogP contribution is -2.40. The highest BCUT2D eigenvalue weighted by Crippen LogP contribution is 2.26. The molecule has 0 bridgehead atoms. The molecule has 3 rings (SSSR count). The van der Waals surface area contributed by atoms with E-state index in [1.54, 1.807) is 35.2 Å². The van der Waals surface area contributed by atoms with Crippen LogP contribution < -0.4 is 4.74 Å². The van der Waals surface area contributed by atoms with Gasteiger partial charge in [0.2, 0.25) is 0 Å². The molecule has 1 fully saturated rings. The quantitative estimate of drug-likeness (QED) is 0.734. The van der Waals surface area contributed by atoms with Gasteiger partial charge >= 0.3 is 0 Å². The summed E-state index contributed by atoms with van der Waals surface area (Å²) in [5, 5.41) is 0.555. The molecule has 1 amide bonds. The van der Waals surface area contributed by atoms with Crippen LogP contribution in [0.4, 0.5) is 0 Å². The van der Waals surface area contributed by atoms with Gasteiger partial charge in [-0.25, -0.2) is 8.42 Å². The molecule has 27 heavy (non-hydrogen) atoms. The summed E-state index contributed by atoms with van der Waals surface area (Å²) in [6.45, 7) is 2.64. The minimum atomic E-state index is -3.13. The molecule has 0 saturated carbocycles. The van der Waals surface area contributed by atoms with Crippen LogP contribution in [0, 0.1) is 0 Å². The third-order valence-electron chi connectivity index (χ3n) is 4.60. The molecule has 0 aromatic heterocycles. The Morgan fingerprint density at radius 2 is 2.00 bits per heavy atom. The minimum absolute atomic E-state index is 0.0195. The van der Waals surface area contributed by atoms with Crippen molar-refractivity contribution in [3.05, 3.63) is 64.7 Å². The average Bonchev–Trinajstić information content (AvgIpc) is 3.00. The largest absolute Gasteiger partial charge is 0.494 e. The Bertz CT molecular complexity index is 929. The summed E-state index contributed by atoms with van der Waals surface area (Å²) in [4.78, 5) is 14.9. The van der Waals surface area contributed by atoms with Gasteiger partial charge in [-0.15, -0.1) is 0 Å². The van der Waals surface area contributed by atoms with Gasteiger partial charge in [0.1, 0.15) is 5.75 Å². The Hall–Kier alpha value is -2.05. The topological polar surface area (TPSA) is 63.7 Å². The summed E-state index contributed by atoms with van der Waals surface area (Å²) in [7, 11) is -3.13. The standard InChI is InChI=1S/C20H22ClNO4S/c1-2-26-18-8-5-7-15(12-18)20(23)22(17-10-11-27(24,25)14-17)13-16-6-3-4-9-19(16)21/h3-9,12,17H,2,10-11,13-14H2,1H3/t17-/m0/s1. The molecular weight excluding hydrogens is 386 g/mol. The first-order chi connectivity index (χ1) is 12.9. The number of sulfone groups is 1. The fourth-order valence-corrected chi connectivity index (χ4v) is 5.18. The first-order valence-electron chi connectivity index (χ1n) is 8.87. The number of hydrogen-bond acceptors (Lipinski definition) is 4. The number of hydrogen-bond donors (Lipinski definition) is 0. The molecule has 0 aliphatic carbocycles. The minimum Gasteiger partial charge on any atom is -0.494 e. The second-order valence-electron chi connectivity index (χ2n) is 6.54. The van der Waals surface area contributed by atoms with Crippen molar-refractivity contribution in [2.24, 2.45) is 0 Å². The lowest BCUT2D eigenvalue weighted by atomic mass is 10.1. The molecule has 7 heteroatoms. The number of rotatable bonds is 6. The number of carbonyl (C=O) groups is 1. The first kappa shape index (κ1) is 19.7. The van der Waals surface area contributed by atoms with Crippen molar-refractivity contribution in [2.45, 2.75) is 25.9 Å². The monoisotopic (exact) mass is 407 g/mol. The molecule has 1 aliphatic heterocycles. The van der Waals surface area contributed by atoms with Crippen LogP contribution >= 0.6 is 11.6 Å². The van der Waals surface area contributed by atoms with E-state index >= 15 is 0 Å². The van der Waals surface area contributed by atoms with Gasteiger partial charge in [-0.2, -0.15) is 0 Å². The second kappa shape index (κ2) is 8.31. The fourth-order valence-electron chi connectivity index (χ4n) is 3.25. The summed E-state index contributed by atoms with van der Waals surface area (Å²) in [5.74, 6) is 0.468. The predicted molar refractivity (Wildman–Crippen MR) is 106 cm³/mol. The smallest absolute Gasteiger partial charge is 0.254 e. The molecule has 1 heterocycles. The van der Waals surface area contributed by atoms with Gasteiger partial charge in [-0.1, -0.05) is 35.9 Å². The van der Waals surface area contributed by atoms with E-state index in [1.807, 2.05) is 25.1 Å². The maximum Gasteiger partial charge on any atom is 0.254 e. The van der Waals surface area contributed by atoms with Crippen LogP contribution in [0.15, 0.2) is 48.5 Å². The third kappa shape index (κ3) is 4.82. The molecule has 1 aliphatic rings. The zero-order valence-corrected chi connectivity index (χ0v) is 16.7. The fraction of sp³-hybridized carbons (Fsp3) is 0.350. The van der Waals surface area contributed by atoms with Crippen molar-refractivity contribution in [3.63, 3.8) is 0 Å². The molecule has 0 N–H and O–H groups in total. The average molecular weight is 408 g/mol. The Morgan fingerprint density at radius 1 is 1.22 bits per heavy atom. The molecule has 144 valence electrons. The summed E-state index contributed by atoms with van der Waals surface area (Å²) >= 11 is 6.27. The molecule has 1 saturated heterocycles. The van der Waals surface area contributed by atoms with Crippen LogP contribution in [0.5, 0.6) is 5.75 Å². The number of nitrogens with zero attached hydrogens (tertiary/aromatic N) is 1. The van der Waals surface area contributed by atoms with E-state index in [4.69, 9.17) is 16.3 Å². The van der Waals surface area contributed by atoms with Crippen molar-refractivity contribution in [3.8, 4) is 5.75 Å². The van der Waals surface area contributed by atoms with Gasteiger partial charge in [-0.05, 0) is 43.2 Å². The third-order valence-corrected chi connectivity index (χ3v) is 6.72. The molecule has 0 spiro atoms. The summed E-state index contributed by atoms with van der Waals surface area (Å²) in [6.07, 6.45) is 0.434. The van der Waals surface area contributed by atoms with E-state index in [0.29, 0.717) is 29.4 Å². The van der Waals surface area contributed by atoms with E-state index < -0.39 is 9.84 Å². The Morgan fingerprint density at radius 3 is 2.67 bits per heavy atom. The lowest BCUT2D eigenvalue weighted by Gasteiger charge is -2.29. The molecule has 1 atom stereocenters. The number of halogens is 1. The second-order valence-corrected chi connectivity index (χ2v) is 9.18. The number of benzene rings is 2. The van der Waals surface area contributed by atoms with Crippen LogP contribution in [0.1, 0.15) is 29.3 Å². The van der Waals surface area contributed by atoms with Crippen molar-refractivity contribution < 1.29 is 17.9 Å². The number of carbonyl (C=O) groups excluding carboxylic acids is 1. The molecule has 2 aromatic rings. The van der Waals surface area contributed by atoms with Crippen molar-refractivity contribution in [2.75, 3.05) is 18.1 Å². The van der Waals surface area contributed by atoms with Crippen LogP contribution in [-0.4, -0.2) is 43.4 Å². The van der Waals surface area contributed by atoms with Crippen LogP contribution in [0.25, 0.3) is 0 Å². The lowest BCUT2D eigenvalue weighted by molar-refractivity contribution is 0.0680. The van der Waals surface area contributed by atoms with E-state index in [-0.39, 0.29) is 30.0 Å². The highest BCUT2D eigenvalue weighted by atomic mass is 35.5. The van der Waals surface area contributed by atoms with Gasteiger partial charge in [-0.3, -0.25) is 4.79 Å². The maximum atomic E-state index is 13.2. The zero-order valence-electron chi connectivity index (χ0n) is 15.1. The SMILES string of the molecule is CCOc1cccc(C(=O)N(Cc2ccccc2Cl)[C@H]2CCS(=O)(=O)C2)c1. The number of amides is 1. The Labute approximate surface area is 164 Å². The predicted octanol–water partition coefficient (Wildman–Crippen LogP) is 3.57. The molecule has 5 nitrogen and oxygen atoms in total. The molecule has 0 radical (unpaired) electrons. The normalized spacial score (nSPS) is 18.2. The van der Waals surface area contributed by atoms with Gasteiger partial charge in [0.05, 0.1) is 18.1 Å². The van der Waals surface area contributed by atoms with E-state index in [1.165, 1.54) is 0 Å². The molecule has 2 aromatic carbocycles. The summed E-state index contributed by atoms with van der Waals surface area (Å²) in [6, 6.07) is 13.9. The van der Waals surface area contributed by atoms with Crippen LogP contribution in [-0.2, 0) is 16.4 Å². The zero-order chi connectivity index (χ0) is 19.4. The highest BCUT2D eigenvalue weighted by molar-refractivity contribution is 7.91. The molecular formula is C20H22ClNO4S. The Kier molecular flexibility index (Phi) is 6.07. The summed E-state index contributed by atoms with van der Waals surface area (Å²) in [5.41, 5.74) is 1.26. The van der Waals surface area contributed by atoms with E-state index in [2.05, 4.69) is 0 Å². The van der Waals surface area contributed by atoms with Crippen LogP contribution in [0.2, 0.25) is 5.02 Å². The van der Waals surface area contributed by atoms with Crippen molar-refractivity contribution >= 4 is 27.3 Å². The van der Waals surface area contributed by atoms with Crippen LogP contribution in [0.3, 0.4) is 0 Å². The maximum absolute atomic E-state index is 13.2. The van der Waals surface area contributed by atoms with Gasteiger partial charge in [0, 0.05) is 23.2 Å². The van der Waals surface area contributed by atoms with Gasteiger partial charge in [0.25, 0.3) is 5.91 Å². The van der Waals surface area contributed by atoms with E-state index in [9.17, 15) is 13.2 Å². The van der Waals surface area contributed by atoms with Gasteiger partial charge < -0.3 is 9.64 Å². The van der Waals surface area contributed by atoms with Gasteiger partial charge in [0.15, 0.2) is 9.84 Å². The highest BCUT2D eigenvalue weighted by Gasteiger charge is 2.35. The molecule has 0 unspecified atom stereocenters. The Balaban J connectivity index is 1.92. The van der Waals surface area contributed by atoms with Crippen molar-refractivity contribution in [1.29, 1.82) is 0 Å². The number of ether oxygens (including phenoxy) is 1. The first-order valence-corrected chi connectivity index (χ1v) is 11.1. The summed E-state index contributed by atoms with van der Waals surface area (Å²) < 4.78 is 29.4. The van der Waals surface area contributed by atoms with Crippen molar-refractivity contribution in [1.82, 2.24) is 4.90 Å². The van der Waals surface area contributed by atoms with E-state index in [0.717, 1.165) is 5.56 Å².